The van der Waals surface area contributed by atoms with E-state index < -0.39 is 0 Å². The highest BCUT2D eigenvalue weighted by Crippen LogP contribution is 2.18. The third-order valence-electron chi connectivity index (χ3n) is 2.62. The van der Waals surface area contributed by atoms with Gasteiger partial charge in [-0.1, -0.05) is 25.1 Å². The van der Waals surface area contributed by atoms with Crippen LogP contribution in [0.1, 0.15) is 25.8 Å². The molecule has 0 saturated heterocycles. The van der Waals surface area contributed by atoms with Gasteiger partial charge in [0, 0.05) is 0 Å². The van der Waals surface area contributed by atoms with E-state index in [1.807, 2.05) is 26.0 Å². The standard InChI is InChI=1S/C13H20N2O2/c1-4-9-14-11(3)13(16)15(17)12-8-6-5-7-10(12)2/h5-8,11,14,17H,4,9H2,1-3H3. The number of hydrogen-bond acceptors (Lipinski definition) is 3. The van der Waals surface area contributed by atoms with Gasteiger partial charge in [0.2, 0.25) is 0 Å². The van der Waals surface area contributed by atoms with Crippen LogP contribution in [0.5, 0.6) is 0 Å². The van der Waals surface area contributed by atoms with Gasteiger partial charge < -0.3 is 5.32 Å². The molecule has 1 unspecified atom stereocenters. The summed E-state index contributed by atoms with van der Waals surface area (Å²) in [7, 11) is 0. The topological polar surface area (TPSA) is 52.6 Å². The second-order valence-electron chi connectivity index (χ2n) is 4.11. The van der Waals surface area contributed by atoms with E-state index in [1.54, 1.807) is 19.1 Å². The van der Waals surface area contributed by atoms with Gasteiger partial charge in [-0.15, -0.1) is 0 Å². The Morgan fingerprint density at radius 3 is 2.71 bits per heavy atom. The molecule has 1 aromatic rings. The molecule has 1 atom stereocenters. The fourth-order valence-corrected chi connectivity index (χ4v) is 1.55. The van der Waals surface area contributed by atoms with Crippen molar-refractivity contribution in [3.05, 3.63) is 29.8 Å². The molecule has 0 aliphatic carbocycles. The molecule has 17 heavy (non-hydrogen) atoms. The fraction of sp³-hybridized carbons (Fsp3) is 0.462. The van der Waals surface area contributed by atoms with Crippen LogP contribution >= 0.6 is 0 Å². The Bertz CT molecular complexity index is 379. The smallest absolute Gasteiger partial charge is 0.267 e. The predicted octanol–water partition coefficient (Wildman–Crippen LogP) is 2.11. The molecule has 0 fully saturated rings. The van der Waals surface area contributed by atoms with Crippen molar-refractivity contribution in [3.63, 3.8) is 0 Å². The first-order valence-corrected chi connectivity index (χ1v) is 5.89. The molecule has 2 N–H and O–H groups in total. The van der Waals surface area contributed by atoms with Crippen molar-refractivity contribution in [2.75, 3.05) is 11.6 Å². The van der Waals surface area contributed by atoms with Gasteiger partial charge in [0.1, 0.15) is 0 Å². The molecule has 0 saturated carbocycles. The van der Waals surface area contributed by atoms with Gasteiger partial charge in [-0.25, -0.2) is 0 Å². The molecule has 4 nitrogen and oxygen atoms in total. The Morgan fingerprint density at radius 1 is 1.47 bits per heavy atom. The number of amides is 1. The lowest BCUT2D eigenvalue weighted by Gasteiger charge is -2.21. The first kappa shape index (κ1) is 13.7. The van der Waals surface area contributed by atoms with Crippen molar-refractivity contribution in [3.8, 4) is 0 Å². The summed E-state index contributed by atoms with van der Waals surface area (Å²) in [5.74, 6) is -0.340. The molecule has 0 aromatic heterocycles. The average Bonchev–Trinajstić information content (AvgIpc) is 2.34. The number of nitrogens with zero attached hydrogens (tertiary/aromatic N) is 1. The number of anilines is 1. The molecular formula is C13H20N2O2. The monoisotopic (exact) mass is 236 g/mol. The Morgan fingerprint density at radius 2 is 2.12 bits per heavy atom. The van der Waals surface area contributed by atoms with Crippen molar-refractivity contribution in [1.29, 1.82) is 0 Å². The van der Waals surface area contributed by atoms with E-state index in [-0.39, 0.29) is 11.9 Å². The Hall–Kier alpha value is -1.39. The lowest BCUT2D eigenvalue weighted by atomic mass is 10.2. The highest BCUT2D eigenvalue weighted by molar-refractivity contribution is 5.95. The third kappa shape index (κ3) is 3.54. The van der Waals surface area contributed by atoms with Crippen LogP contribution in [0.15, 0.2) is 24.3 Å². The number of carbonyl (C=O) groups excluding carboxylic acids is 1. The maximum Gasteiger partial charge on any atom is 0.267 e. The van der Waals surface area contributed by atoms with Crippen molar-refractivity contribution in [2.45, 2.75) is 33.2 Å². The van der Waals surface area contributed by atoms with Gasteiger partial charge in [0.15, 0.2) is 0 Å². The lowest BCUT2D eigenvalue weighted by Crippen LogP contribution is -2.44. The summed E-state index contributed by atoms with van der Waals surface area (Å²) in [5, 5.41) is 13.7. The van der Waals surface area contributed by atoms with Gasteiger partial charge in [0.25, 0.3) is 5.91 Å². The van der Waals surface area contributed by atoms with E-state index in [0.717, 1.165) is 23.6 Å². The Balaban J connectivity index is 2.73. The van der Waals surface area contributed by atoms with Gasteiger partial charge in [-0.05, 0) is 38.4 Å². The Labute approximate surface area is 102 Å². The molecule has 94 valence electrons. The van der Waals surface area contributed by atoms with Crippen LogP contribution in [-0.4, -0.2) is 23.7 Å². The number of rotatable bonds is 5. The summed E-state index contributed by atoms with van der Waals surface area (Å²) in [5.41, 5.74) is 1.40. The minimum Gasteiger partial charge on any atom is -0.306 e. The zero-order valence-corrected chi connectivity index (χ0v) is 10.6. The molecule has 1 aromatic carbocycles. The molecule has 1 rings (SSSR count). The van der Waals surface area contributed by atoms with Crippen LogP contribution < -0.4 is 10.4 Å². The molecule has 0 bridgehead atoms. The third-order valence-corrected chi connectivity index (χ3v) is 2.62. The minimum atomic E-state index is -0.389. The van der Waals surface area contributed by atoms with Crippen molar-refractivity contribution in [1.82, 2.24) is 5.32 Å². The Kier molecular flexibility index (Phi) is 5.12. The van der Waals surface area contributed by atoms with Crippen LogP contribution in [-0.2, 0) is 4.79 Å². The second kappa shape index (κ2) is 6.37. The van der Waals surface area contributed by atoms with Crippen LogP contribution in [0.4, 0.5) is 5.69 Å². The molecule has 1 amide bonds. The molecule has 0 aliphatic heterocycles. The van der Waals surface area contributed by atoms with Crippen molar-refractivity contribution < 1.29 is 10.0 Å². The largest absolute Gasteiger partial charge is 0.306 e. The van der Waals surface area contributed by atoms with E-state index in [4.69, 9.17) is 0 Å². The number of para-hydroxylation sites is 1. The zero-order chi connectivity index (χ0) is 12.8. The fourth-order valence-electron chi connectivity index (χ4n) is 1.55. The van der Waals surface area contributed by atoms with Gasteiger partial charge >= 0.3 is 0 Å². The van der Waals surface area contributed by atoms with Crippen molar-refractivity contribution >= 4 is 11.6 Å². The van der Waals surface area contributed by atoms with E-state index in [9.17, 15) is 10.0 Å². The van der Waals surface area contributed by atoms with Crippen LogP contribution in [0.25, 0.3) is 0 Å². The van der Waals surface area contributed by atoms with E-state index in [1.165, 1.54) is 0 Å². The van der Waals surface area contributed by atoms with E-state index >= 15 is 0 Å². The van der Waals surface area contributed by atoms with Crippen LogP contribution in [0.3, 0.4) is 0 Å². The highest BCUT2D eigenvalue weighted by atomic mass is 16.5. The normalized spacial score (nSPS) is 12.2. The van der Waals surface area contributed by atoms with E-state index in [0.29, 0.717) is 5.69 Å². The summed E-state index contributed by atoms with van der Waals surface area (Å²) in [6.45, 7) is 6.40. The summed E-state index contributed by atoms with van der Waals surface area (Å²) in [6.07, 6.45) is 0.952. The maximum atomic E-state index is 11.9. The van der Waals surface area contributed by atoms with Crippen molar-refractivity contribution in [2.24, 2.45) is 0 Å². The number of benzene rings is 1. The highest BCUT2D eigenvalue weighted by Gasteiger charge is 2.20. The van der Waals surface area contributed by atoms with Crippen LogP contribution in [0, 0.1) is 6.92 Å². The first-order chi connectivity index (χ1) is 8.07. The molecule has 0 aliphatic rings. The van der Waals surface area contributed by atoms with Crippen LogP contribution in [0.2, 0.25) is 0 Å². The maximum absolute atomic E-state index is 11.9. The number of hydrogen-bond donors (Lipinski definition) is 2. The van der Waals surface area contributed by atoms with Gasteiger partial charge in [-0.3, -0.25) is 10.0 Å². The summed E-state index contributed by atoms with van der Waals surface area (Å²) < 4.78 is 0. The second-order valence-corrected chi connectivity index (χ2v) is 4.11. The average molecular weight is 236 g/mol. The minimum absolute atomic E-state index is 0.340. The molecular weight excluding hydrogens is 216 g/mol. The van der Waals surface area contributed by atoms with E-state index in [2.05, 4.69) is 5.32 Å². The van der Waals surface area contributed by atoms with Gasteiger partial charge in [-0.2, -0.15) is 5.06 Å². The SMILES string of the molecule is CCCNC(C)C(=O)N(O)c1ccccc1C. The quantitative estimate of drug-likeness (QED) is 0.608. The summed E-state index contributed by atoms with van der Waals surface area (Å²) in [4.78, 5) is 11.9. The molecule has 4 heteroatoms. The first-order valence-electron chi connectivity index (χ1n) is 5.89. The number of hydroxylamine groups is 1. The predicted molar refractivity (Wildman–Crippen MR) is 68.2 cm³/mol. The number of carbonyl (C=O) groups is 1. The summed E-state index contributed by atoms with van der Waals surface area (Å²) in [6, 6.07) is 6.86. The summed E-state index contributed by atoms with van der Waals surface area (Å²) >= 11 is 0. The molecule has 0 spiro atoms. The number of aryl methyl sites for hydroxylation is 1. The lowest BCUT2D eigenvalue weighted by molar-refractivity contribution is -0.125. The molecule has 0 radical (unpaired) electrons. The molecule has 0 heterocycles. The van der Waals surface area contributed by atoms with Gasteiger partial charge in [0.05, 0.1) is 11.7 Å². The zero-order valence-electron chi connectivity index (χ0n) is 10.6. The number of nitrogens with one attached hydrogen (secondary N) is 1.